The second kappa shape index (κ2) is 15.0. The zero-order chi connectivity index (χ0) is 21.5. The summed E-state index contributed by atoms with van der Waals surface area (Å²) in [5.41, 5.74) is 2.48. The fourth-order valence-corrected chi connectivity index (χ4v) is 3.19. The minimum atomic E-state index is -0.639. The van der Waals surface area contributed by atoms with Crippen LogP contribution in [0.3, 0.4) is 0 Å². The van der Waals surface area contributed by atoms with Crippen molar-refractivity contribution in [1.29, 1.82) is 0 Å². The van der Waals surface area contributed by atoms with E-state index in [4.69, 9.17) is 0 Å². The highest BCUT2D eigenvalue weighted by atomic mass is 16.3. The molecule has 29 heavy (non-hydrogen) atoms. The van der Waals surface area contributed by atoms with E-state index in [1.54, 1.807) is 0 Å². The van der Waals surface area contributed by atoms with Gasteiger partial charge in [-0.1, -0.05) is 45.0 Å². The van der Waals surface area contributed by atoms with Gasteiger partial charge in [-0.3, -0.25) is 9.59 Å². The van der Waals surface area contributed by atoms with Crippen LogP contribution in [0.25, 0.3) is 0 Å². The largest absolute Gasteiger partial charge is 0.390 e. The first-order chi connectivity index (χ1) is 14.0. The molecule has 0 aliphatic carbocycles. The average Bonchev–Trinajstić information content (AvgIpc) is 2.72. The summed E-state index contributed by atoms with van der Waals surface area (Å²) in [7, 11) is 0. The van der Waals surface area contributed by atoms with Gasteiger partial charge in [0.1, 0.15) is 0 Å². The van der Waals surface area contributed by atoms with Crippen molar-refractivity contribution in [2.45, 2.75) is 71.9 Å². The maximum atomic E-state index is 12.2. The van der Waals surface area contributed by atoms with E-state index in [0.29, 0.717) is 32.4 Å². The van der Waals surface area contributed by atoms with Crippen LogP contribution < -0.4 is 10.6 Å². The van der Waals surface area contributed by atoms with Gasteiger partial charge >= 0.3 is 0 Å². The number of nitrogens with zero attached hydrogens (tertiary/aromatic N) is 1. The van der Waals surface area contributed by atoms with Gasteiger partial charge in [0.25, 0.3) is 0 Å². The third kappa shape index (κ3) is 11.0. The van der Waals surface area contributed by atoms with Crippen molar-refractivity contribution >= 4 is 11.8 Å². The highest BCUT2D eigenvalue weighted by molar-refractivity contribution is 5.78. The first-order valence-electron chi connectivity index (χ1n) is 11.0. The monoisotopic (exact) mass is 405 g/mol. The van der Waals surface area contributed by atoms with Crippen LogP contribution in [0.4, 0.5) is 0 Å². The van der Waals surface area contributed by atoms with Crippen LogP contribution in [0.2, 0.25) is 0 Å². The molecule has 0 saturated heterocycles. The fraction of sp³-hybridized carbons (Fsp3) is 0.652. The van der Waals surface area contributed by atoms with Gasteiger partial charge in [-0.15, -0.1) is 0 Å². The third-order valence-electron chi connectivity index (χ3n) is 4.78. The normalized spacial score (nSPS) is 11.9. The number of nitrogens with one attached hydrogen (secondary N) is 2. The van der Waals surface area contributed by atoms with E-state index in [2.05, 4.69) is 49.6 Å². The first-order valence-corrected chi connectivity index (χ1v) is 11.0. The van der Waals surface area contributed by atoms with Crippen LogP contribution >= 0.6 is 0 Å². The lowest BCUT2D eigenvalue weighted by atomic mass is 10.1. The Morgan fingerprint density at radius 2 is 1.72 bits per heavy atom. The molecule has 3 N–H and O–H groups in total. The van der Waals surface area contributed by atoms with E-state index >= 15 is 0 Å². The number of hydrogen-bond acceptors (Lipinski definition) is 4. The maximum Gasteiger partial charge on any atom is 0.222 e. The summed E-state index contributed by atoms with van der Waals surface area (Å²) in [6.45, 7) is 9.12. The fourth-order valence-electron chi connectivity index (χ4n) is 3.19. The molecule has 0 aliphatic rings. The van der Waals surface area contributed by atoms with Crippen molar-refractivity contribution in [2.24, 2.45) is 0 Å². The van der Waals surface area contributed by atoms with Gasteiger partial charge in [0.15, 0.2) is 0 Å². The van der Waals surface area contributed by atoms with Crippen molar-refractivity contribution in [1.82, 2.24) is 15.5 Å². The summed E-state index contributed by atoms with van der Waals surface area (Å²) in [5.74, 6) is 0.00269. The smallest absolute Gasteiger partial charge is 0.222 e. The van der Waals surface area contributed by atoms with E-state index in [1.807, 2.05) is 11.0 Å². The predicted octanol–water partition coefficient (Wildman–Crippen LogP) is 2.63. The van der Waals surface area contributed by atoms with Crippen LogP contribution in [0.1, 0.15) is 64.0 Å². The first kappa shape index (κ1) is 25.1. The van der Waals surface area contributed by atoms with Crippen LogP contribution in [0.15, 0.2) is 24.3 Å². The molecule has 0 bridgehead atoms. The SMILES string of the molecule is CCCN(CCC)C(=O)CCCC(=O)NCC(O)CNCc1cccc(CC)c1. The number of amides is 2. The molecule has 0 fully saturated rings. The molecule has 2 amide bonds. The lowest BCUT2D eigenvalue weighted by Gasteiger charge is -2.21. The summed E-state index contributed by atoms with van der Waals surface area (Å²) in [4.78, 5) is 26.0. The summed E-state index contributed by atoms with van der Waals surface area (Å²) >= 11 is 0. The molecule has 0 saturated carbocycles. The Hall–Kier alpha value is -1.92. The molecule has 0 aliphatic heterocycles. The standard InChI is InChI=1S/C23H39N3O3/c1-4-13-26(14-5-2)23(29)12-8-11-22(28)25-18-21(27)17-24-16-20-10-7-9-19(6-3)15-20/h7,9-10,15,21,24,27H,4-6,8,11-14,16-18H2,1-3H3,(H,25,28). The zero-order valence-electron chi connectivity index (χ0n) is 18.4. The molecule has 6 nitrogen and oxygen atoms in total. The highest BCUT2D eigenvalue weighted by Gasteiger charge is 2.13. The minimum absolute atomic E-state index is 0.120. The molecule has 1 atom stereocenters. The molecule has 0 radical (unpaired) electrons. The second-order valence-corrected chi connectivity index (χ2v) is 7.50. The van der Waals surface area contributed by atoms with E-state index in [1.165, 1.54) is 11.1 Å². The average molecular weight is 406 g/mol. The van der Waals surface area contributed by atoms with Gasteiger partial charge < -0.3 is 20.6 Å². The van der Waals surface area contributed by atoms with Crippen molar-refractivity contribution in [2.75, 3.05) is 26.2 Å². The van der Waals surface area contributed by atoms with Crippen molar-refractivity contribution in [3.63, 3.8) is 0 Å². The molecule has 0 spiro atoms. The quantitative estimate of drug-likeness (QED) is 0.419. The molecule has 1 aromatic carbocycles. The van der Waals surface area contributed by atoms with Gasteiger partial charge in [-0.25, -0.2) is 0 Å². The van der Waals surface area contributed by atoms with Crippen molar-refractivity contribution < 1.29 is 14.7 Å². The van der Waals surface area contributed by atoms with E-state index in [9.17, 15) is 14.7 Å². The molecule has 0 heterocycles. The van der Waals surface area contributed by atoms with Gasteiger partial charge in [0.05, 0.1) is 6.10 Å². The summed E-state index contributed by atoms with van der Waals surface area (Å²) in [6, 6.07) is 8.36. The molecular formula is C23H39N3O3. The summed E-state index contributed by atoms with van der Waals surface area (Å²) in [5, 5.41) is 16.0. The molecule has 1 unspecified atom stereocenters. The van der Waals surface area contributed by atoms with E-state index in [-0.39, 0.29) is 18.4 Å². The number of carbonyl (C=O) groups excluding carboxylic acids is 2. The Morgan fingerprint density at radius 1 is 1.03 bits per heavy atom. The number of rotatable bonds is 15. The van der Waals surface area contributed by atoms with Gasteiger partial charge in [-0.05, 0) is 36.8 Å². The minimum Gasteiger partial charge on any atom is -0.390 e. The van der Waals surface area contributed by atoms with Crippen LogP contribution in [0, 0.1) is 0 Å². The zero-order valence-corrected chi connectivity index (χ0v) is 18.4. The summed E-state index contributed by atoms with van der Waals surface area (Å²) < 4.78 is 0. The number of carbonyl (C=O) groups is 2. The van der Waals surface area contributed by atoms with Crippen molar-refractivity contribution in [3.8, 4) is 0 Å². The highest BCUT2D eigenvalue weighted by Crippen LogP contribution is 2.06. The summed E-state index contributed by atoms with van der Waals surface area (Å²) in [6.07, 6.45) is 3.50. The Balaban J connectivity index is 2.17. The lowest BCUT2D eigenvalue weighted by Crippen LogP contribution is -2.38. The molecule has 164 valence electrons. The topological polar surface area (TPSA) is 81.7 Å². The van der Waals surface area contributed by atoms with E-state index < -0.39 is 6.10 Å². The van der Waals surface area contributed by atoms with Crippen LogP contribution in [-0.2, 0) is 22.6 Å². The molecular weight excluding hydrogens is 366 g/mol. The predicted molar refractivity (Wildman–Crippen MR) is 118 cm³/mol. The second-order valence-electron chi connectivity index (χ2n) is 7.50. The lowest BCUT2D eigenvalue weighted by molar-refractivity contribution is -0.131. The molecule has 0 aromatic heterocycles. The van der Waals surface area contributed by atoms with Gasteiger partial charge in [0, 0.05) is 45.6 Å². The van der Waals surface area contributed by atoms with E-state index in [0.717, 1.165) is 32.4 Å². The number of hydrogen-bond donors (Lipinski definition) is 3. The molecule has 1 aromatic rings. The number of aliphatic hydroxyl groups is 1. The number of benzene rings is 1. The maximum absolute atomic E-state index is 12.2. The Morgan fingerprint density at radius 3 is 2.38 bits per heavy atom. The number of aliphatic hydroxyl groups excluding tert-OH is 1. The van der Waals surface area contributed by atoms with Crippen molar-refractivity contribution in [3.05, 3.63) is 35.4 Å². The number of aryl methyl sites for hydroxylation is 1. The Bertz CT molecular complexity index is 601. The third-order valence-corrected chi connectivity index (χ3v) is 4.78. The van der Waals surface area contributed by atoms with Crippen LogP contribution in [-0.4, -0.2) is 54.1 Å². The van der Waals surface area contributed by atoms with Gasteiger partial charge in [-0.2, -0.15) is 0 Å². The molecule has 6 heteroatoms. The van der Waals surface area contributed by atoms with Gasteiger partial charge in [0.2, 0.25) is 11.8 Å². The van der Waals surface area contributed by atoms with Crippen LogP contribution in [0.5, 0.6) is 0 Å². The Kier molecular flexibility index (Phi) is 13.0. The Labute approximate surface area is 176 Å². The molecule has 1 rings (SSSR count).